The Morgan fingerprint density at radius 2 is 1.28 bits per heavy atom. The molecule has 6 aliphatic heterocycles. The first-order valence-corrected chi connectivity index (χ1v) is 32.4. The Morgan fingerprint density at radius 3 is 1.87 bits per heavy atom. The van der Waals surface area contributed by atoms with Crippen LogP contribution in [0.5, 0.6) is 46.0 Å². The molecule has 11 bridgehead atoms. The molecule has 16 N–H and O–H groups in total. The first-order valence-electron chi connectivity index (χ1n) is 29.9. The molecule has 0 aromatic heterocycles. The zero-order valence-electron chi connectivity index (χ0n) is 52.2. The molecule has 14 unspecified atom stereocenters. The standard InChI is InChI=1S/C64H73N8O20.Rb/c1-25(2)15-38(72(7)8)59(84)71-51-53(79)32-11-14-42(27(4)17-32)90-44-20-33-19-43(57(44)92-64-56(82)55(81)54(80)45(24-74)91-64)89-41-13-10-30(16-26(41)3)28(5)48-60(85)67-37(23-73)34-21-40(76)29(6)52(78)47(34)35-18-31(9-12-39(35)75)49(61(86)68-48)70-62(87)50(33)69-58(83)36(22-46(65)77)66-63(51)88;/h9-14,16-21,25,28,36-38,45,48-51,53-56,64,74-76,78-82H,15,22,24H2,1-8H3,(H2,65,77)(H,66,88)(H,67,85)(H,68,86)(H,69,83)(H,70,87)(H,71,84);. The molecule has 7 amide bonds. The van der Waals surface area contributed by atoms with Crippen molar-refractivity contribution >= 4 is 95.7 Å². The van der Waals surface area contributed by atoms with Crippen molar-refractivity contribution in [2.75, 3.05) is 20.7 Å². The number of amides is 7. The summed E-state index contributed by atoms with van der Waals surface area (Å²) in [4.78, 5) is 119. The average molecular weight is 1360 g/mol. The van der Waals surface area contributed by atoms with Crippen molar-refractivity contribution in [2.45, 2.75) is 139 Å². The quantitative estimate of drug-likeness (QED) is 0.0856. The molecule has 0 aliphatic carbocycles. The molecule has 11 rings (SSSR count). The number of aromatic hydroxyl groups is 3. The van der Waals surface area contributed by atoms with Gasteiger partial charge in [0.1, 0.15) is 48.4 Å². The number of carbonyl (C=O) groups is 8. The van der Waals surface area contributed by atoms with Crippen LogP contribution in [0.1, 0.15) is 108 Å². The summed E-state index contributed by atoms with van der Waals surface area (Å²) < 4.78 is 25.1. The van der Waals surface area contributed by atoms with Gasteiger partial charge in [0.05, 0.1) is 19.1 Å². The fraction of sp³-hybridized carbons (Fsp3) is 0.406. The molecule has 0 saturated carbocycles. The van der Waals surface area contributed by atoms with Crippen molar-refractivity contribution < 1.29 is 98.2 Å². The van der Waals surface area contributed by atoms with Gasteiger partial charge in [-0.1, -0.05) is 19.9 Å². The monoisotopic (exact) mass is 1360 g/mol. The number of nitrogens with one attached hydrogen (secondary N) is 6. The molecule has 490 valence electrons. The van der Waals surface area contributed by atoms with Crippen molar-refractivity contribution in [3.8, 4) is 57.1 Å². The van der Waals surface area contributed by atoms with Gasteiger partial charge in [0.25, 0.3) is 0 Å². The Hall–Kier alpha value is -7.61. The van der Waals surface area contributed by atoms with Crippen LogP contribution in [-0.4, -0.2) is 217 Å². The molecule has 5 aromatic carbocycles. The van der Waals surface area contributed by atoms with E-state index >= 15 is 19.2 Å². The van der Waals surface area contributed by atoms with Crippen LogP contribution in [0.3, 0.4) is 0 Å². The summed E-state index contributed by atoms with van der Waals surface area (Å²) in [5.74, 6) is -11.7. The molecular formula is C64H73N8O20Rb. The summed E-state index contributed by atoms with van der Waals surface area (Å²) in [6.07, 6.45) is -11.9. The summed E-state index contributed by atoms with van der Waals surface area (Å²) in [6.45, 7) is 8.97. The van der Waals surface area contributed by atoms with Crippen molar-refractivity contribution in [3.05, 3.63) is 117 Å². The van der Waals surface area contributed by atoms with E-state index in [0.717, 1.165) is 12.1 Å². The summed E-state index contributed by atoms with van der Waals surface area (Å²) in [6, 6.07) is 3.76. The molecule has 28 nitrogen and oxygen atoms in total. The van der Waals surface area contributed by atoms with Gasteiger partial charge in [-0.2, -0.15) is 0 Å². The zero-order chi connectivity index (χ0) is 67.9. The predicted octanol–water partition coefficient (Wildman–Crippen LogP) is 0.510. The number of hydrogen-bond acceptors (Lipinski definition) is 21. The van der Waals surface area contributed by atoms with Gasteiger partial charge in [-0.3, -0.25) is 24.1 Å². The minimum atomic E-state index is -2.16. The zero-order valence-corrected chi connectivity index (χ0v) is 57.1. The molecule has 5 aromatic rings. The number of nitrogens with zero attached hydrogens (tertiary/aromatic N) is 1. The van der Waals surface area contributed by atoms with E-state index in [1.165, 1.54) is 55.5 Å². The summed E-state index contributed by atoms with van der Waals surface area (Å²) in [7, 11) is 3.28. The Bertz CT molecular complexity index is 3810. The normalized spacial score (nSPS) is 26.0. The molecule has 93 heavy (non-hydrogen) atoms. The van der Waals surface area contributed by atoms with Gasteiger partial charge in [0.2, 0.25) is 35.7 Å². The van der Waals surface area contributed by atoms with E-state index in [0.29, 0.717) is 17.5 Å². The number of rotatable bonds is 11. The van der Waals surface area contributed by atoms with Gasteiger partial charge in [0.15, 0.2) is 5.75 Å². The second-order valence-corrected chi connectivity index (χ2v) is 26.9. The SMILES string of the molecule is Cc1cc2ccc1Oc1cc3cc(c1OC1OC(CO)C(O)C(O)C1O)Oc1ccc(cc1C)C(O)C(NC(=O)C(CC(C)C)N(C)C)C(=O)NC(CC(N)=O)C(=O)NC3C(=O)NC1C(=O)NC(C(=O)NC([C](=O)[Rb])c3cc(O)c(C)c(O)c3-c3cc1ccc3O)C2C. The first-order chi connectivity index (χ1) is 43.9. The molecule has 6 aliphatic rings. The number of aliphatic hydroxyl groups excluding tert-OH is 5. The van der Waals surface area contributed by atoms with E-state index in [9.17, 15) is 60.0 Å². The number of ether oxygens (including phenoxy) is 4. The Kier molecular flexibility index (Phi) is 21.4. The number of fused-ring (bicyclic) bond motifs is 15. The van der Waals surface area contributed by atoms with Crippen molar-refractivity contribution in [3.63, 3.8) is 0 Å². The predicted molar refractivity (Wildman–Crippen MR) is 328 cm³/mol. The number of nitrogens with two attached hydrogens (primary N) is 1. The number of phenolic OH excluding ortho intramolecular Hbond substituents is 3. The van der Waals surface area contributed by atoms with E-state index in [1.54, 1.807) is 51.9 Å². The van der Waals surface area contributed by atoms with Gasteiger partial charge in [-0.05, 0) is 68.8 Å². The summed E-state index contributed by atoms with van der Waals surface area (Å²) in [5.41, 5.74) is 5.60. The van der Waals surface area contributed by atoms with Gasteiger partial charge in [-0.25, -0.2) is 0 Å². The number of phenols is 3. The molecule has 6 heterocycles. The molecule has 0 radical (unpaired) electrons. The molecule has 0 spiro atoms. The van der Waals surface area contributed by atoms with Crippen molar-refractivity contribution in [2.24, 2.45) is 11.7 Å². The van der Waals surface area contributed by atoms with E-state index in [1.807, 2.05) is 13.8 Å². The van der Waals surface area contributed by atoms with Crippen LogP contribution in [0.4, 0.5) is 0 Å². The third-order valence-corrected chi connectivity index (χ3v) is 18.5. The number of carbonyl (C=O) groups excluding carboxylic acids is 8. The summed E-state index contributed by atoms with van der Waals surface area (Å²) in [5, 5.41) is 106. The van der Waals surface area contributed by atoms with Gasteiger partial charge in [0, 0.05) is 0 Å². The van der Waals surface area contributed by atoms with Crippen LogP contribution in [0, 0.1) is 26.7 Å². The fourth-order valence-corrected chi connectivity index (χ4v) is 12.9. The Balaban J connectivity index is 1.33. The van der Waals surface area contributed by atoms with Crippen LogP contribution in [0.15, 0.2) is 72.8 Å². The van der Waals surface area contributed by atoms with Gasteiger partial charge < -0.3 is 56.1 Å². The molecule has 14 atom stereocenters. The number of likely N-dealkylation sites (N-methyl/N-ethyl adjacent to an activating group) is 1. The van der Waals surface area contributed by atoms with E-state index < -0.39 is 228 Å². The third-order valence-electron chi connectivity index (χ3n) is 17.1. The van der Waals surface area contributed by atoms with Crippen LogP contribution < -0.4 is 51.8 Å². The van der Waals surface area contributed by atoms with Crippen LogP contribution >= 0.6 is 0 Å². The fourth-order valence-electron chi connectivity index (χ4n) is 11.8. The maximum absolute atomic E-state index is 16.0. The Labute approximate surface area is 572 Å². The topological polar surface area (TPSA) is 437 Å². The first kappa shape index (κ1) is 69.7. The second kappa shape index (κ2) is 28.5. The second-order valence-electron chi connectivity index (χ2n) is 24.5. The number of hydrogen-bond donors (Lipinski definition) is 15. The van der Waals surface area contributed by atoms with Crippen LogP contribution in [0.2, 0.25) is 0 Å². The number of aryl methyl sites for hydroxylation is 2. The number of primary amides is 1. The summed E-state index contributed by atoms with van der Waals surface area (Å²) >= 11 is -0.894. The van der Waals surface area contributed by atoms with Crippen molar-refractivity contribution in [1.29, 1.82) is 0 Å². The molecule has 1 fully saturated rings. The Morgan fingerprint density at radius 1 is 0.688 bits per heavy atom. The van der Waals surface area contributed by atoms with Crippen LogP contribution in [-0.2, 0) is 43.1 Å². The molecule has 29 heteroatoms. The molecular weight excluding hydrogens is 1290 g/mol. The van der Waals surface area contributed by atoms with Gasteiger partial charge >= 0.3 is 299 Å². The van der Waals surface area contributed by atoms with E-state index in [4.69, 9.17) is 24.7 Å². The number of benzene rings is 5. The van der Waals surface area contributed by atoms with Gasteiger partial charge in [-0.15, -0.1) is 0 Å². The number of aliphatic hydroxyl groups is 5. The average Bonchev–Trinajstić information content (AvgIpc) is 0.808. The van der Waals surface area contributed by atoms with Crippen molar-refractivity contribution in [1.82, 2.24) is 36.8 Å². The molecule has 1 saturated heterocycles. The van der Waals surface area contributed by atoms with E-state index in [2.05, 4.69) is 31.9 Å². The maximum atomic E-state index is 16.0. The third kappa shape index (κ3) is 14.7. The van der Waals surface area contributed by atoms with Crippen LogP contribution in [0.25, 0.3) is 11.1 Å². The van der Waals surface area contributed by atoms with E-state index in [-0.39, 0.29) is 61.9 Å². The minimum absolute atomic E-state index is 0.0273.